The van der Waals surface area contributed by atoms with Crippen LogP contribution in [-0.4, -0.2) is 50.2 Å². The van der Waals surface area contributed by atoms with E-state index in [-0.39, 0.29) is 12.0 Å². The van der Waals surface area contributed by atoms with Crippen LogP contribution in [0.3, 0.4) is 0 Å². The molecule has 0 saturated carbocycles. The first-order chi connectivity index (χ1) is 8.98. The topological polar surface area (TPSA) is 41.6 Å². The van der Waals surface area contributed by atoms with Crippen LogP contribution in [0.2, 0.25) is 0 Å². The number of carbonyl (C=O) groups excluding carboxylic acids is 1. The molecule has 1 aliphatic heterocycles. The van der Waals surface area contributed by atoms with Gasteiger partial charge < -0.3 is 15.0 Å². The lowest BCUT2D eigenvalue weighted by atomic mass is 9.85. The third-order valence-corrected chi connectivity index (χ3v) is 4.09. The van der Waals surface area contributed by atoms with Crippen molar-refractivity contribution in [3.8, 4) is 0 Å². The van der Waals surface area contributed by atoms with Crippen LogP contribution in [0.1, 0.15) is 46.5 Å². The molecule has 1 aliphatic rings. The van der Waals surface area contributed by atoms with Gasteiger partial charge >= 0.3 is 5.97 Å². The fourth-order valence-corrected chi connectivity index (χ4v) is 2.64. The predicted molar refractivity (Wildman–Crippen MR) is 78.2 cm³/mol. The van der Waals surface area contributed by atoms with E-state index in [1.807, 2.05) is 14.0 Å². The number of hydrogen-bond donors (Lipinski definition) is 1. The molecule has 0 aromatic carbocycles. The molecule has 0 aromatic rings. The second-order valence-electron chi connectivity index (χ2n) is 6.24. The Morgan fingerprint density at radius 3 is 2.74 bits per heavy atom. The molecule has 0 radical (unpaired) electrons. The number of ether oxygens (including phenoxy) is 1. The van der Waals surface area contributed by atoms with E-state index in [9.17, 15) is 4.79 Å². The zero-order chi connectivity index (χ0) is 14.3. The molecule has 4 nitrogen and oxygen atoms in total. The maximum atomic E-state index is 11.7. The Balaban J connectivity index is 2.36. The lowest BCUT2D eigenvalue weighted by Crippen LogP contribution is -2.39. The predicted octanol–water partition coefficient (Wildman–Crippen LogP) is 2.04. The van der Waals surface area contributed by atoms with Gasteiger partial charge in [-0.05, 0) is 58.2 Å². The van der Waals surface area contributed by atoms with Gasteiger partial charge in [0.15, 0.2) is 0 Å². The van der Waals surface area contributed by atoms with Crippen LogP contribution in [0.15, 0.2) is 0 Å². The molecule has 0 aromatic heterocycles. The molecule has 1 atom stereocenters. The number of nitrogens with zero attached hydrogens (tertiary/aromatic N) is 1. The first-order valence-electron chi connectivity index (χ1n) is 7.55. The number of likely N-dealkylation sites (tertiary alicyclic amines) is 1. The van der Waals surface area contributed by atoms with E-state index < -0.39 is 0 Å². The van der Waals surface area contributed by atoms with Gasteiger partial charge in [0, 0.05) is 6.54 Å². The van der Waals surface area contributed by atoms with Crippen molar-refractivity contribution in [3.63, 3.8) is 0 Å². The fraction of sp³-hybridized carbons (Fsp3) is 0.933. The van der Waals surface area contributed by atoms with E-state index in [1.165, 1.54) is 19.3 Å². The molecule has 1 N–H and O–H groups in total. The van der Waals surface area contributed by atoms with E-state index in [0.29, 0.717) is 12.0 Å². The summed E-state index contributed by atoms with van der Waals surface area (Å²) in [5.74, 6) is -0.125. The highest BCUT2D eigenvalue weighted by Gasteiger charge is 2.24. The van der Waals surface area contributed by atoms with E-state index in [0.717, 1.165) is 26.1 Å². The van der Waals surface area contributed by atoms with Gasteiger partial charge in [0.25, 0.3) is 0 Å². The van der Waals surface area contributed by atoms with Crippen LogP contribution in [0.25, 0.3) is 0 Å². The van der Waals surface area contributed by atoms with Gasteiger partial charge in [-0.25, -0.2) is 0 Å². The second-order valence-corrected chi connectivity index (χ2v) is 6.24. The van der Waals surface area contributed by atoms with Gasteiger partial charge in [-0.1, -0.05) is 13.8 Å². The molecule has 1 rings (SSSR count). The van der Waals surface area contributed by atoms with Gasteiger partial charge in [-0.15, -0.1) is 0 Å². The average molecular weight is 270 g/mol. The van der Waals surface area contributed by atoms with Crippen LogP contribution in [0.4, 0.5) is 0 Å². The average Bonchev–Trinajstić information content (AvgIpc) is 2.52. The summed E-state index contributed by atoms with van der Waals surface area (Å²) in [5, 5.41) is 3.06. The minimum atomic E-state index is -0.170. The number of likely N-dealkylation sites (N-methyl/N-ethyl adjacent to an activating group) is 1. The molecule has 0 spiro atoms. The highest BCUT2D eigenvalue weighted by molar-refractivity contribution is 5.75. The summed E-state index contributed by atoms with van der Waals surface area (Å²) in [4.78, 5) is 14.2. The molecular formula is C15H30N2O2. The van der Waals surface area contributed by atoms with Crippen LogP contribution in [0.5, 0.6) is 0 Å². The zero-order valence-electron chi connectivity index (χ0n) is 13.0. The molecule has 0 bridgehead atoms. The van der Waals surface area contributed by atoms with Gasteiger partial charge in [-0.3, -0.25) is 4.79 Å². The van der Waals surface area contributed by atoms with Crippen molar-refractivity contribution in [1.82, 2.24) is 10.2 Å². The summed E-state index contributed by atoms with van der Waals surface area (Å²) in [6.45, 7) is 10.3. The molecular weight excluding hydrogens is 240 g/mol. The van der Waals surface area contributed by atoms with E-state index in [2.05, 4.69) is 24.1 Å². The van der Waals surface area contributed by atoms with Crippen molar-refractivity contribution >= 4 is 5.97 Å². The summed E-state index contributed by atoms with van der Waals surface area (Å²) < 4.78 is 5.07. The normalized spacial score (nSPS) is 21.7. The first kappa shape index (κ1) is 16.4. The summed E-state index contributed by atoms with van der Waals surface area (Å²) >= 11 is 0. The Labute approximate surface area is 117 Å². The quantitative estimate of drug-likeness (QED) is 0.750. The number of carbonyl (C=O) groups is 1. The third-order valence-electron chi connectivity index (χ3n) is 4.09. The van der Waals surface area contributed by atoms with Gasteiger partial charge in [0.1, 0.15) is 6.04 Å². The highest BCUT2D eigenvalue weighted by Crippen LogP contribution is 2.29. The molecule has 112 valence electrons. The minimum Gasteiger partial charge on any atom is -0.465 e. The van der Waals surface area contributed by atoms with E-state index in [1.54, 1.807) is 0 Å². The molecule has 4 heteroatoms. The number of rotatable bonds is 6. The van der Waals surface area contributed by atoms with Crippen molar-refractivity contribution < 1.29 is 9.53 Å². The lowest BCUT2D eigenvalue weighted by Gasteiger charge is -2.24. The third kappa shape index (κ3) is 5.91. The smallest absolute Gasteiger partial charge is 0.323 e. The maximum Gasteiger partial charge on any atom is 0.323 e. The Kier molecular flexibility index (Phi) is 6.80. The highest BCUT2D eigenvalue weighted by atomic mass is 16.5. The standard InChI is InChI=1S/C15H30N2O2/c1-5-19-14(18)13(16-4)7-11-17-10-6-8-15(2,3)9-12-17/h13,16H,5-12H2,1-4H3. The molecule has 1 fully saturated rings. The number of hydrogen-bond acceptors (Lipinski definition) is 4. The Morgan fingerprint density at radius 2 is 2.11 bits per heavy atom. The summed E-state index contributed by atoms with van der Waals surface area (Å²) in [5.41, 5.74) is 0.471. The first-order valence-corrected chi connectivity index (χ1v) is 7.55. The number of nitrogens with one attached hydrogen (secondary N) is 1. The van der Waals surface area contributed by atoms with E-state index >= 15 is 0 Å². The van der Waals surface area contributed by atoms with Gasteiger partial charge in [-0.2, -0.15) is 0 Å². The molecule has 0 amide bonds. The van der Waals surface area contributed by atoms with Crippen molar-refractivity contribution in [2.24, 2.45) is 5.41 Å². The van der Waals surface area contributed by atoms with Crippen LogP contribution in [0, 0.1) is 5.41 Å². The summed E-state index contributed by atoms with van der Waals surface area (Å²) in [6.07, 6.45) is 4.64. The van der Waals surface area contributed by atoms with Crippen molar-refractivity contribution in [2.75, 3.05) is 33.3 Å². The molecule has 19 heavy (non-hydrogen) atoms. The van der Waals surface area contributed by atoms with Crippen LogP contribution in [-0.2, 0) is 9.53 Å². The molecule has 1 unspecified atom stereocenters. The van der Waals surface area contributed by atoms with Crippen molar-refractivity contribution in [1.29, 1.82) is 0 Å². The number of esters is 1. The van der Waals surface area contributed by atoms with Crippen LogP contribution >= 0.6 is 0 Å². The molecule has 1 saturated heterocycles. The van der Waals surface area contributed by atoms with Crippen molar-refractivity contribution in [2.45, 2.75) is 52.5 Å². The fourth-order valence-electron chi connectivity index (χ4n) is 2.64. The van der Waals surface area contributed by atoms with Crippen molar-refractivity contribution in [3.05, 3.63) is 0 Å². The Bertz CT molecular complexity index is 279. The Morgan fingerprint density at radius 1 is 1.37 bits per heavy atom. The molecule has 0 aliphatic carbocycles. The zero-order valence-corrected chi connectivity index (χ0v) is 13.0. The lowest BCUT2D eigenvalue weighted by molar-refractivity contribution is -0.145. The van der Waals surface area contributed by atoms with Crippen LogP contribution < -0.4 is 5.32 Å². The molecule has 1 heterocycles. The van der Waals surface area contributed by atoms with Gasteiger partial charge in [0.2, 0.25) is 0 Å². The second kappa shape index (κ2) is 7.85. The minimum absolute atomic E-state index is 0.125. The Hall–Kier alpha value is -0.610. The van der Waals surface area contributed by atoms with Gasteiger partial charge in [0.05, 0.1) is 6.61 Å². The maximum absolute atomic E-state index is 11.7. The summed E-state index contributed by atoms with van der Waals surface area (Å²) in [7, 11) is 1.83. The monoisotopic (exact) mass is 270 g/mol. The van der Waals surface area contributed by atoms with E-state index in [4.69, 9.17) is 4.74 Å². The largest absolute Gasteiger partial charge is 0.465 e. The summed E-state index contributed by atoms with van der Waals surface area (Å²) in [6, 6.07) is -0.170. The SMILES string of the molecule is CCOC(=O)C(CCN1CCCC(C)(C)CC1)NC.